The van der Waals surface area contributed by atoms with Gasteiger partial charge in [-0.3, -0.25) is 0 Å². The van der Waals surface area contributed by atoms with Crippen molar-refractivity contribution in [2.75, 3.05) is 11.9 Å². The van der Waals surface area contributed by atoms with Gasteiger partial charge in [0.25, 0.3) is 0 Å². The molecule has 0 fully saturated rings. The Morgan fingerprint density at radius 1 is 1.23 bits per heavy atom. The number of hydrogen-bond acceptors (Lipinski definition) is 6. The highest BCUT2D eigenvalue weighted by Crippen LogP contribution is 2.37. The number of carbonyl (C=O) groups excluding carboxylic acids is 1. The van der Waals surface area contributed by atoms with E-state index in [4.69, 9.17) is 16.3 Å². The lowest BCUT2D eigenvalue weighted by Gasteiger charge is -2.28. The third kappa shape index (κ3) is 4.60. The van der Waals surface area contributed by atoms with Gasteiger partial charge < -0.3 is 10.1 Å². The number of fused-ring (bicyclic) bond motifs is 1. The van der Waals surface area contributed by atoms with Crippen LogP contribution in [0.25, 0.3) is 0 Å². The number of thioether (sulfide) groups is 1. The number of anilines is 1. The predicted molar refractivity (Wildman–Crippen MR) is 119 cm³/mol. The number of halogens is 2. The number of carbonyl (C=O) groups is 1. The summed E-state index contributed by atoms with van der Waals surface area (Å²) in [5.74, 6) is 0.445. The van der Waals surface area contributed by atoms with Gasteiger partial charge in [0.15, 0.2) is 0 Å². The zero-order valence-electron chi connectivity index (χ0n) is 16.9. The van der Waals surface area contributed by atoms with E-state index in [1.807, 2.05) is 19.1 Å². The Hall–Kier alpha value is -2.84. The predicted octanol–water partition coefficient (Wildman–Crippen LogP) is 5.21. The summed E-state index contributed by atoms with van der Waals surface area (Å²) in [5, 5.41) is 8.96. The molecule has 0 saturated carbocycles. The van der Waals surface area contributed by atoms with Gasteiger partial charge in [-0.15, -0.1) is 5.10 Å². The van der Waals surface area contributed by atoms with Gasteiger partial charge in [-0.05, 0) is 49.2 Å². The molecule has 6 nitrogen and oxygen atoms in total. The molecule has 1 N–H and O–H groups in total. The number of allylic oxidation sites excluding steroid dienone is 1. The summed E-state index contributed by atoms with van der Waals surface area (Å²) in [6.07, 6.45) is 0. The molecule has 160 valence electrons. The van der Waals surface area contributed by atoms with Crippen LogP contribution in [0.1, 0.15) is 31.0 Å². The van der Waals surface area contributed by atoms with Crippen molar-refractivity contribution < 1.29 is 13.9 Å². The molecule has 2 heterocycles. The van der Waals surface area contributed by atoms with Crippen LogP contribution < -0.4 is 5.32 Å². The van der Waals surface area contributed by atoms with Crippen molar-refractivity contribution in [1.29, 1.82) is 0 Å². The molecule has 31 heavy (non-hydrogen) atoms. The smallest absolute Gasteiger partial charge is 0.338 e. The Morgan fingerprint density at radius 2 is 1.94 bits per heavy atom. The number of ether oxygens (including phenoxy) is 1. The SMILES string of the molecule is CCOC(=O)C1=C(C)Nc2nc(SCc3ccc(F)cc3)nn2[C@@H]1c1ccc(Cl)cc1. The molecular formula is C22H20ClFN4O2S. The highest BCUT2D eigenvalue weighted by atomic mass is 35.5. The second-order valence-electron chi connectivity index (χ2n) is 6.92. The van der Waals surface area contributed by atoms with Crippen LogP contribution in [0.15, 0.2) is 65.0 Å². The van der Waals surface area contributed by atoms with Crippen molar-refractivity contribution in [2.24, 2.45) is 0 Å². The van der Waals surface area contributed by atoms with Crippen molar-refractivity contribution in [2.45, 2.75) is 30.8 Å². The second-order valence-corrected chi connectivity index (χ2v) is 8.29. The molecule has 1 aliphatic rings. The summed E-state index contributed by atoms with van der Waals surface area (Å²) in [7, 11) is 0. The summed E-state index contributed by atoms with van der Waals surface area (Å²) < 4.78 is 20.1. The van der Waals surface area contributed by atoms with Crippen LogP contribution in [0.3, 0.4) is 0 Å². The Labute approximate surface area is 188 Å². The normalized spacial score (nSPS) is 15.4. The molecule has 0 spiro atoms. The van der Waals surface area contributed by atoms with Gasteiger partial charge in [-0.25, -0.2) is 13.9 Å². The number of hydrogen-bond donors (Lipinski definition) is 1. The zero-order chi connectivity index (χ0) is 22.0. The molecule has 1 atom stereocenters. The number of rotatable bonds is 6. The Morgan fingerprint density at radius 3 is 2.61 bits per heavy atom. The lowest BCUT2D eigenvalue weighted by molar-refractivity contribution is -0.139. The molecule has 1 aromatic heterocycles. The van der Waals surface area contributed by atoms with Crippen LogP contribution in [0.2, 0.25) is 5.02 Å². The molecular weight excluding hydrogens is 439 g/mol. The molecule has 0 radical (unpaired) electrons. The number of benzene rings is 2. The number of aromatic nitrogens is 3. The maximum atomic E-state index is 13.1. The Bertz CT molecular complexity index is 1130. The first kappa shape index (κ1) is 21.4. The van der Waals surface area contributed by atoms with E-state index in [2.05, 4.69) is 15.4 Å². The number of nitrogens with one attached hydrogen (secondary N) is 1. The minimum atomic E-state index is -0.500. The number of nitrogens with zero attached hydrogens (tertiary/aromatic N) is 3. The Balaban J connectivity index is 1.67. The summed E-state index contributed by atoms with van der Waals surface area (Å²) in [4.78, 5) is 17.4. The van der Waals surface area contributed by atoms with E-state index in [0.29, 0.717) is 33.2 Å². The van der Waals surface area contributed by atoms with E-state index in [9.17, 15) is 9.18 Å². The monoisotopic (exact) mass is 458 g/mol. The fraction of sp³-hybridized carbons (Fsp3) is 0.227. The fourth-order valence-corrected chi connectivity index (χ4v) is 4.26. The quantitative estimate of drug-likeness (QED) is 0.403. The van der Waals surface area contributed by atoms with Crippen LogP contribution in [-0.2, 0) is 15.3 Å². The average Bonchev–Trinajstić information content (AvgIpc) is 3.15. The molecule has 3 aromatic rings. The van der Waals surface area contributed by atoms with Crippen LogP contribution >= 0.6 is 23.4 Å². The van der Waals surface area contributed by atoms with Crippen molar-refractivity contribution >= 4 is 35.3 Å². The van der Waals surface area contributed by atoms with Crippen molar-refractivity contribution in [3.63, 3.8) is 0 Å². The molecule has 4 rings (SSSR count). The minimum absolute atomic E-state index is 0.270. The summed E-state index contributed by atoms with van der Waals surface area (Å²) in [6.45, 7) is 3.86. The summed E-state index contributed by atoms with van der Waals surface area (Å²) in [6, 6.07) is 13.1. The van der Waals surface area contributed by atoms with Crippen LogP contribution in [0.4, 0.5) is 10.3 Å². The van der Waals surface area contributed by atoms with E-state index in [1.165, 1.54) is 23.9 Å². The third-order valence-corrected chi connectivity index (χ3v) is 5.96. The maximum absolute atomic E-state index is 13.1. The number of esters is 1. The van der Waals surface area contributed by atoms with Crippen molar-refractivity contribution in [3.05, 3.63) is 81.8 Å². The lowest BCUT2D eigenvalue weighted by atomic mass is 9.96. The summed E-state index contributed by atoms with van der Waals surface area (Å²) >= 11 is 7.50. The molecule has 0 unspecified atom stereocenters. The van der Waals surface area contributed by atoms with Gasteiger partial charge >= 0.3 is 5.97 Å². The van der Waals surface area contributed by atoms with Gasteiger partial charge in [0.2, 0.25) is 11.1 Å². The van der Waals surface area contributed by atoms with E-state index in [1.54, 1.807) is 35.9 Å². The zero-order valence-corrected chi connectivity index (χ0v) is 18.5. The lowest BCUT2D eigenvalue weighted by Crippen LogP contribution is -2.29. The molecule has 9 heteroatoms. The third-order valence-electron chi connectivity index (χ3n) is 4.80. The Kier molecular flexibility index (Phi) is 6.29. The van der Waals surface area contributed by atoms with E-state index < -0.39 is 12.0 Å². The highest BCUT2D eigenvalue weighted by Gasteiger charge is 2.35. The van der Waals surface area contributed by atoms with Gasteiger partial charge in [0.1, 0.15) is 11.9 Å². The molecule has 0 aliphatic carbocycles. The maximum Gasteiger partial charge on any atom is 0.338 e. The molecule has 0 saturated heterocycles. The van der Waals surface area contributed by atoms with Gasteiger partial charge in [0, 0.05) is 16.5 Å². The topological polar surface area (TPSA) is 69.0 Å². The van der Waals surface area contributed by atoms with Gasteiger partial charge in [0.05, 0.1) is 12.2 Å². The van der Waals surface area contributed by atoms with Gasteiger partial charge in [-0.1, -0.05) is 47.6 Å². The first-order valence-corrected chi connectivity index (χ1v) is 11.1. The van der Waals surface area contributed by atoms with Gasteiger partial charge in [-0.2, -0.15) is 4.98 Å². The average molecular weight is 459 g/mol. The van der Waals surface area contributed by atoms with E-state index in [-0.39, 0.29) is 12.4 Å². The van der Waals surface area contributed by atoms with Crippen LogP contribution in [0, 0.1) is 5.82 Å². The first-order valence-electron chi connectivity index (χ1n) is 9.70. The van der Waals surface area contributed by atoms with Crippen LogP contribution in [-0.4, -0.2) is 27.3 Å². The standard InChI is InChI=1S/C22H20ClFN4O2S/c1-3-30-20(29)18-13(2)25-21-26-22(31-12-14-4-10-17(24)11-5-14)27-28(21)19(18)15-6-8-16(23)9-7-15/h4-11,19H,3,12H2,1-2H3,(H,25,26,27)/t19-/m1/s1. The second kappa shape index (κ2) is 9.11. The molecule has 0 bridgehead atoms. The largest absolute Gasteiger partial charge is 0.463 e. The van der Waals surface area contributed by atoms with Crippen molar-refractivity contribution in [3.8, 4) is 0 Å². The first-order chi connectivity index (χ1) is 15.0. The fourth-order valence-electron chi connectivity index (χ4n) is 3.35. The highest BCUT2D eigenvalue weighted by molar-refractivity contribution is 7.98. The molecule has 1 aliphatic heterocycles. The van der Waals surface area contributed by atoms with E-state index >= 15 is 0 Å². The van der Waals surface area contributed by atoms with Crippen molar-refractivity contribution in [1.82, 2.24) is 14.8 Å². The molecule has 0 amide bonds. The molecule has 2 aromatic carbocycles. The minimum Gasteiger partial charge on any atom is -0.463 e. The van der Waals surface area contributed by atoms with Crippen LogP contribution in [0.5, 0.6) is 0 Å². The summed E-state index contributed by atoms with van der Waals surface area (Å²) in [5.41, 5.74) is 2.93. The van der Waals surface area contributed by atoms with E-state index in [0.717, 1.165) is 11.1 Å².